The van der Waals surface area contributed by atoms with Crippen molar-refractivity contribution in [3.63, 3.8) is 0 Å². The van der Waals surface area contributed by atoms with Crippen molar-refractivity contribution in [1.29, 1.82) is 0 Å². The van der Waals surface area contributed by atoms with E-state index in [1.165, 1.54) is 23.7 Å². The molecule has 0 saturated carbocycles. The lowest BCUT2D eigenvalue weighted by Gasteiger charge is -2.39. The monoisotopic (exact) mass is 499 g/mol. The van der Waals surface area contributed by atoms with Gasteiger partial charge in [0.25, 0.3) is 0 Å². The lowest BCUT2D eigenvalue weighted by molar-refractivity contribution is -0.136. The standard InChI is InChI=1S/C25H27ClFN5OS/c26-20-4-1-5-22(16-20)30-11-13-31(14-12-30)24(33)19-3-2-10-32(17-19)25-28-23(29-34-25)15-18-6-8-21(27)9-7-18/h1,4-9,16,19H,2-3,10-15,17H2. The van der Waals surface area contributed by atoms with Crippen molar-refractivity contribution in [3.8, 4) is 0 Å². The molecule has 0 radical (unpaired) electrons. The quantitative estimate of drug-likeness (QED) is 0.518. The van der Waals surface area contributed by atoms with Crippen LogP contribution in [0.25, 0.3) is 0 Å². The number of carbonyl (C=O) groups is 1. The molecule has 1 unspecified atom stereocenters. The van der Waals surface area contributed by atoms with E-state index in [9.17, 15) is 9.18 Å². The van der Waals surface area contributed by atoms with Gasteiger partial charge >= 0.3 is 0 Å². The zero-order valence-electron chi connectivity index (χ0n) is 18.9. The molecule has 0 bridgehead atoms. The summed E-state index contributed by atoms with van der Waals surface area (Å²) >= 11 is 7.51. The largest absolute Gasteiger partial charge is 0.368 e. The van der Waals surface area contributed by atoms with Crippen LogP contribution in [0.1, 0.15) is 24.2 Å². The fourth-order valence-corrected chi connectivity index (χ4v) is 5.60. The number of hydrogen-bond acceptors (Lipinski definition) is 6. The van der Waals surface area contributed by atoms with Gasteiger partial charge in [0.2, 0.25) is 11.0 Å². The highest BCUT2D eigenvalue weighted by atomic mass is 35.5. The number of rotatable bonds is 5. The molecule has 2 aliphatic rings. The molecule has 3 aromatic rings. The van der Waals surface area contributed by atoms with Crippen molar-refractivity contribution < 1.29 is 9.18 Å². The molecular formula is C25H27ClFN5OS. The third-order valence-corrected chi connectivity index (χ3v) is 7.59. The van der Waals surface area contributed by atoms with Crippen molar-refractivity contribution in [3.05, 3.63) is 70.8 Å². The molecular weight excluding hydrogens is 473 g/mol. The number of piperazine rings is 1. The lowest BCUT2D eigenvalue weighted by Crippen LogP contribution is -2.52. The molecule has 1 amide bonds. The van der Waals surface area contributed by atoms with Gasteiger partial charge in [-0.05, 0) is 48.7 Å². The van der Waals surface area contributed by atoms with Crippen LogP contribution in [0.4, 0.5) is 15.2 Å². The van der Waals surface area contributed by atoms with Gasteiger partial charge in [0.15, 0.2) is 0 Å². The van der Waals surface area contributed by atoms with Crippen molar-refractivity contribution in [2.75, 3.05) is 49.1 Å². The smallest absolute Gasteiger partial charge is 0.227 e. The van der Waals surface area contributed by atoms with Gasteiger partial charge in [0.05, 0.1) is 5.92 Å². The number of benzene rings is 2. The molecule has 3 heterocycles. The topological polar surface area (TPSA) is 52.6 Å². The molecule has 178 valence electrons. The Hall–Kier alpha value is -2.71. The first-order valence-corrected chi connectivity index (χ1v) is 12.8. The summed E-state index contributed by atoms with van der Waals surface area (Å²) in [5.41, 5.74) is 2.09. The number of aromatic nitrogens is 2. The highest BCUT2D eigenvalue weighted by Crippen LogP contribution is 2.27. The van der Waals surface area contributed by atoms with E-state index in [2.05, 4.69) is 20.2 Å². The summed E-state index contributed by atoms with van der Waals surface area (Å²) in [5.74, 6) is 0.713. The number of amides is 1. The fraction of sp³-hybridized carbons (Fsp3) is 0.400. The Kier molecular flexibility index (Phi) is 6.97. The van der Waals surface area contributed by atoms with Crippen molar-refractivity contribution in [1.82, 2.24) is 14.3 Å². The summed E-state index contributed by atoms with van der Waals surface area (Å²) in [6.07, 6.45) is 2.45. The number of anilines is 2. The number of carbonyl (C=O) groups excluding carboxylic acids is 1. The van der Waals surface area contributed by atoms with Crippen molar-refractivity contribution >= 4 is 39.9 Å². The van der Waals surface area contributed by atoms with Gasteiger partial charge in [-0.2, -0.15) is 4.37 Å². The van der Waals surface area contributed by atoms with E-state index in [1.807, 2.05) is 23.1 Å². The average Bonchev–Trinajstić information content (AvgIpc) is 3.34. The van der Waals surface area contributed by atoms with E-state index in [4.69, 9.17) is 16.6 Å². The molecule has 0 spiro atoms. The molecule has 1 aromatic heterocycles. The van der Waals surface area contributed by atoms with Crippen LogP contribution in [-0.2, 0) is 11.2 Å². The summed E-state index contributed by atoms with van der Waals surface area (Å²) in [7, 11) is 0. The van der Waals surface area contributed by atoms with E-state index >= 15 is 0 Å². The van der Waals surface area contributed by atoms with Crippen LogP contribution in [0, 0.1) is 11.7 Å². The van der Waals surface area contributed by atoms with Crippen molar-refractivity contribution in [2.24, 2.45) is 5.92 Å². The van der Waals surface area contributed by atoms with Crippen LogP contribution < -0.4 is 9.80 Å². The third kappa shape index (κ3) is 5.33. The number of halogens is 2. The van der Waals surface area contributed by atoms with Crippen LogP contribution in [0.5, 0.6) is 0 Å². The second-order valence-corrected chi connectivity index (χ2v) is 10.0. The van der Waals surface area contributed by atoms with E-state index < -0.39 is 0 Å². The molecule has 6 nitrogen and oxygen atoms in total. The van der Waals surface area contributed by atoms with Crippen molar-refractivity contribution in [2.45, 2.75) is 19.3 Å². The fourth-order valence-electron chi connectivity index (χ4n) is 4.70. The zero-order chi connectivity index (χ0) is 23.5. The van der Waals surface area contributed by atoms with E-state index in [-0.39, 0.29) is 17.6 Å². The van der Waals surface area contributed by atoms with Crippen LogP contribution in [-0.4, -0.2) is 59.4 Å². The Morgan fingerprint density at radius 2 is 1.85 bits per heavy atom. The summed E-state index contributed by atoms with van der Waals surface area (Å²) in [5, 5.41) is 1.59. The number of piperidine rings is 1. The summed E-state index contributed by atoms with van der Waals surface area (Å²) in [4.78, 5) is 24.5. The minimum Gasteiger partial charge on any atom is -0.368 e. The number of nitrogens with zero attached hydrogens (tertiary/aromatic N) is 5. The summed E-state index contributed by atoms with van der Waals surface area (Å²) < 4.78 is 17.6. The highest BCUT2D eigenvalue weighted by Gasteiger charge is 2.32. The molecule has 9 heteroatoms. The van der Waals surface area contributed by atoms with Gasteiger partial charge in [-0.3, -0.25) is 4.79 Å². The van der Waals surface area contributed by atoms with Gasteiger partial charge in [-0.25, -0.2) is 9.37 Å². The molecule has 34 heavy (non-hydrogen) atoms. The Balaban J connectivity index is 1.17. The molecule has 2 aliphatic heterocycles. The van der Waals surface area contributed by atoms with E-state index in [0.717, 1.165) is 72.8 Å². The summed E-state index contributed by atoms with van der Waals surface area (Å²) in [6.45, 7) is 4.64. The summed E-state index contributed by atoms with van der Waals surface area (Å²) in [6, 6.07) is 14.3. The molecule has 1 atom stereocenters. The first-order chi connectivity index (χ1) is 16.5. The molecule has 2 fully saturated rings. The third-order valence-electron chi connectivity index (χ3n) is 6.54. The molecule has 5 rings (SSSR count). The van der Waals surface area contributed by atoms with Gasteiger partial charge in [-0.15, -0.1) is 0 Å². The Morgan fingerprint density at radius 1 is 1.06 bits per heavy atom. The molecule has 2 aromatic carbocycles. The van der Waals surface area contributed by atoms with E-state index in [0.29, 0.717) is 13.0 Å². The maximum Gasteiger partial charge on any atom is 0.227 e. The van der Waals surface area contributed by atoms with Crippen LogP contribution >= 0.6 is 23.1 Å². The molecule has 2 saturated heterocycles. The molecule has 0 N–H and O–H groups in total. The normalized spacial score (nSPS) is 18.9. The maximum absolute atomic E-state index is 13.3. The van der Waals surface area contributed by atoms with Crippen LogP contribution in [0.15, 0.2) is 48.5 Å². The van der Waals surface area contributed by atoms with Crippen LogP contribution in [0.3, 0.4) is 0 Å². The predicted octanol–water partition coefficient (Wildman–Crippen LogP) is 4.49. The Labute approximate surface area is 208 Å². The first-order valence-electron chi connectivity index (χ1n) is 11.7. The van der Waals surface area contributed by atoms with Gasteiger partial charge in [0, 0.05) is 67.9 Å². The second-order valence-electron chi connectivity index (χ2n) is 8.87. The second kappa shape index (κ2) is 10.3. The van der Waals surface area contributed by atoms with E-state index in [1.54, 1.807) is 12.1 Å². The van der Waals surface area contributed by atoms with Gasteiger partial charge in [0.1, 0.15) is 11.6 Å². The SMILES string of the molecule is O=C(C1CCCN(c2nc(Cc3ccc(F)cc3)ns2)C1)N1CCN(c2cccc(Cl)c2)CC1. The maximum atomic E-state index is 13.3. The zero-order valence-corrected chi connectivity index (χ0v) is 20.4. The minimum absolute atomic E-state index is 0.0177. The highest BCUT2D eigenvalue weighted by molar-refractivity contribution is 7.09. The lowest BCUT2D eigenvalue weighted by atomic mass is 9.96. The van der Waals surface area contributed by atoms with Crippen LogP contribution in [0.2, 0.25) is 5.02 Å². The Morgan fingerprint density at radius 3 is 2.62 bits per heavy atom. The average molecular weight is 500 g/mol. The minimum atomic E-state index is -0.245. The van der Waals surface area contributed by atoms with Gasteiger partial charge < -0.3 is 14.7 Å². The number of hydrogen-bond donors (Lipinski definition) is 0. The van der Waals surface area contributed by atoms with Gasteiger partial charge in [-0.1, -0.05) is 29.8 Å². The molecule has 0 aliphatic carbocycles. The first kappa shape index (κ1) is 23.1. The Bertz CT molecular complexity index is 1130. The predicted molar refractivity (Wildman–Crippen MR) is 134 cm³/mol.